The number of rotatable bonds is 7. The first-order chi connectivity index (χ1) is 16.6. The van der Waals surface area contributed by atoms with Crippen molar-refractivity contribution in [2.45, 2.75) is 25.7 Å². The van der Waals surface area contributed by atoms with E-state index in [0.29, 0.717) is 5.70 Å². The highest BCUT2D eigenvalue weighted by Crippen LogP contribution is 2.26. The lowest BCUT2D eigenvalue weighted by Gasteiger charge is -2.28. The molecule has 0 unspecified atom stereocenters. The lowest BCUT2D eigenvalue weighted by atomic mass is 10.1. The predicted octanol–water partition coefficient (Wildman–Crippen LogP) is 4.61. The molecule has 34 heavy (non-hydrogen) atoms. The van der Waals surface area contributed by atoms with Crippen LogP contribution in [0.4, 0.5) is 17.1 Å². The maximum absolute atomic E-state index is 12.4. The Morgan fingerprint density at radius 2 is 1.62 bits per heavy atom. The van der Waals surface area contributed by atoms with Crippen LogP contribution < -0.4 is 21.3 Å². The smallest absolute Gasteiger partial charge is 0.227 e. The number of allylic oxidation sites excluding steroid dienone is 2. The molecule has 0 bridgehead atoms. The topological polar surface area (TPSA) is 92.0 Å². The molecule has 1 aliphatic carbocycles. The molecule has 4 N–H and O–H groups in total. The molecule has 0 aromatic heterocycles. The first-order valence-electron chi connectivity index (χ1n) is 11.9. The number of nitrogens with two attached hydrogens (primary N) is 1. The Labute approximate surface area is 201 Å². The third-order valence-corrected chi connectivity index (χ3v) is 6.21. The van der Waals surface area contributed by atoms with Gasteiger partial charge in [-0.1, -0.05) is 37.6 Å². The van der Waals surface area contributed by atoms with Crippen molar-refractivity contribution in [2.24, 2.45) is 16.6 Å². The summed E-state index contributed by atoms with van der Waals surface area (Å²) in [6.45, 7) is 7.10. The number of carbonyl (C=O) groups is 1. The Morgan fingerprint density at radius 1 is 1.00 bits per heavy atom. The number of nitrogens with one attached hydrogen (secondary N) is 2. The summed E-state index contributed by atoms with van der Waals surface area (Å²) < 4.78 is 5.42. The number of anilines is 3. The molecule has 1 saturated carbocycles. The summed E-state index contributed by atoms with van der Waals surface area (Å²) in [5.41, 5.74) is 10.6. The zero-order valence-electron chi connectivity index (χ0n) is 19.5. The Bertz CT molecular complexity index is 1030. The minimum atomic E-state index is 0.109. The maximum atomic E-state index is 12.4. The Kier molecular flexibility index (Phi) is 7.99. The number of morpholine rings is 1. The van der Waals surface area contributed by atoms with Crippen LogP contribution in [-0.4, -0.2) is 38.2 Å². The van der Waals surface area contributed by atoms with Gasteiger partial charge in [0, 0.05) is 41.6 Å². The van der Waals surface area contributed by atoms with E-state index in [1.165, 1.54) is 0 Å². The van der Waals surface area contributed by atoms with Crippen LogP contribution in [0.15, 0.2) is 72.3 Å². The highest BCUT2D eigenvalue weighted by molar-refractivity contribution is 5.96. The SMILES string of the molecule is C=C/C=C(\N=C(N)Nc1ccc(N2CCOCC2)cc1)c1ccc(NC(=O)C2CCCC2)cc1. The van der Waals surface area contributed by atoms with Gasteiger partial charge in [0.1, 0.15) is 0 Å². The Hall–Kier alpha value is -3.58. The number of nitrogens with zero attached hydrogens (tertiary/aromatic N) is 2. The minimum Gasteiger partial charge on any atom is -0.378 e. The lowest BCUT2D eigenvalue weighted by Crippen LogP contribution is -2.36. The standard InChI is InChI=1S/C27H33N5O2/c1-2-5-25(20-8-10-22(11-9-20)29-26(33)21-6-3-4-7-21)31-27(28)30-23-12-14-24(15-13-23)32-16-18-34-19-17-32/h2,5,8-15,21H,1,3-4,6-7,16-19H2,(H,29,33)(H3,28,30,31)/b25-5-. The van der Waals surface area contributed by atoms with Gasteiger partial charge >= 0.3 is 0 Å². The number of carbonyl (C=O) groups excluding carboxylic acids is 1. The molecule has 2 aromatic carbocycles. The van der Waals surface area contributed by atoms with Crippen LogP contribution in [0.2, 0.25) is 0 Å². The fourth-order valence-corrected chi connectivity index (χ4v) is 4.35. The van der Waals surface area contributed by atoms with E-state index in [-0.39, 0.29) is 17.8 Å². The van der Waals surface area contributed by atoms with Gasteiger partial charge in [-0.05, 0) is 55.3 Å². The number of benzene rings is 2. The predicted molar refractivity (Wildman–Crippen MR) is 140 cm³/mol. The number of hydrogen-bond acceptors (Lipinski definition) is 4. The Morgan fingerprint density at radius 3 is 2.26 bits per heavy atom. The van der Waals surface area contributed by atoms with Crippen molar-refractivity contribution < 1.29 is 9.53 Å². The molecule has 2 fully saturated rings. The largest absolute Gasteiger partial charge is 0.378 e. The van der Waals surface area contributed by atoms with Gasteiger partial charge in [0.25, 0.3) is 0 Å². The molecular weight excluding hydrogens is 426 g/mol. The molecular formula is C27H33N5O2. The Balaban J connectivity index is 1.39. The summed E-state index contributed by atoms with van der Waals surface area (Å²) in [5.74, 6) is 0.526. The highest BCUT2D eigenvalue weighted by atomic mass is 16.5. The molecule has 2 aliphatic rings. The van der Waals surface area contributed by atoms with Gasteiger partial charge in [0.05, 0.1) is 18.9 Å². The van der Waals surface area contributed by atoms with Gasteiger partial charge in [0.15, 0.2) is 5.96 Å². The van der Waals surface area contributed by atoms with Crippen LogP contribution in [0.1, 0.15) is 31.2 Å². The number of hydrogen-bond donors (Lipinski definition) is 3. The summed E-state index contributed by atoms with van der Waals surface area (Å²) in [6.07, 6.45) is 7.72. The lowest BCUT2D eigenvalue weighted by molar-refractivity contribution is -0.119. The van der Waals surface area contributed by atoms with E-state index in [1.807, 2.05) is 42.5 Å². The number of ether oxygens (including phenoxy) is 1. The van der Waals surface area contributed by atoms with E-state index in [9.17, 15) is 4.79 Å². The number of guanidine groups is 1. The van der Waals surface area contributed by atoms with Crippen molar-refractivity contribution >= 4 is 34.6 Å². The zero-order chi connectivity index (χ0) is 23.8. The molecule has 2 aromatic rings. The van der Waals surface area contributed by atoms with Crippen LogP contribution in [-0.2, 0) is 9.53 Å². The second-order valence-corrected chi connectivity index (χ2v) is 8.60. The molecule has 178 valence electrons. The minimum absolute atomic E-state index is 0.109. The van der Waals surface area contributed by atoms with Crippen molar-refractivity contribution in [1.29, 1.82) is 0 Å². The third kappa shape index (κ3) is 6.26. The van der Waals surface area contributed by atoms with Crippen LogP contribution in [0.25, 0.3) is 5.70 Å². The first kappa shape index (κ1) is 23.6. The van der Waals surface area contributed by atoms with Crippen LogP contribution in [0, 0.1) is 5.92 Å². The van der Waals surface area contributed by atoms with E-state index in [1.54, 1.807) is 6.08 Å². The third-order valence-electron chi connectivity index (χ3n) is 6.21. The van der Waals surface area contributed by atoms with Gasteiger partial charge in [-0.15, -0.1) is 0 Å². The molecule has 0 radical (unpaired) electrons. The van der Waals surface area contributed by atoms with E-state index < -0.39 is 0 Å². The van der Waals surface area contributed by atoms with Crippen molar-refractivity contribution in [1.82, 2.24) is 0 Å². The summed E-state index contributed by atoms with van der Waals surface area (Å²) >= 11 is 0. The molecule has 1 amide bonds. The number of amides is 1. The quantitative estimate of drug-likeness (QED) is 0.320. The average Bonchev–Trinajstić information content (AvgIpc) is 3.41. The average molecular weight is 460 g/mol. The van der Waals surface area contributed by atoms with E-state index in [2.05, 4.69) is 39.2 Å². The molecule has 1 aliphatic heterocycles. The molecule has 1 heterocycles. The fourth-order valence-electron chi connectivity index (χ4n) is 4.35. The maximum Gasteiger partial charge on any atom is 0.227 e. The van der Waals surface area contributed by atoms with Crippen molar-refractivity contribution in [3.63, 3.8) is 0 Å². The van der Waals surface area contributed by atoms with Crippen molar-refractivity contribution in [3.8, 4) is 0 Å². The molecule has 0 atom stereocenters. The monoisotopic (exact) mass is 459 g/mol. The van der Waals surface area contributed by atoms with E-state index in [4.69, 9.17) is 10.5 Å². The van der Waals surface area contributed by atoms with Gasteiger partial charge in [0.2, 0.25) is 5.91 Å². The first-order valence-corrected chi connectivity index (χ1v) is 11.9. The normalized spacial score (nSPS) is 17.5. The van der Waals surface area contributed by atoms with E-state index in [0.717, 1.165) is 74.6 Å². The van der Waals surface area contributed by atoms with Gasteiger partial charge in [-0.2, -0.15) is 0 Å². The van der Waals surface area contributed by atoms with Crippen LogP contribution in [0.5, 0.6) is 0 Å². The summed E-state index contributed by atoms with van der Waals surface area (Å²) in [4.78, 5) is 19.2. The van der Waals surface area contributed by atoms with Crippen LogP contribution in [0.3, 0.4) is 0 Å². The van der Waals surface area contributed by atoms with Gasteiger partial charge in [-0.25, -0.2) is 4.99 Å². The zero-order valence-corrected chi connectivity index (χ0v) is 19.5. The van der Waals surface area contributed by atoms with Gasteiger partial charge < -0.3 is 26.0 Å². The molecule has 7 heteroatoms. The molecule has 4 rings (SSSR count). The fraction of sp³-hybridized carbons (Fsp3) is 0.333. The molecule has 0 spiro atoms. The van der Waals surface area contributed by atoms with Crippen LogP contribution >= 0.6 is 0 Å². The summed E-state index contributed by atoms with van der Waals surface area (Å²) in [7, 11) is 0. The summed E-state index contributed by atoms with van der Waals surface area (Å²) in [6, 6.07) is 15.8. The van der Waals surface area contributed by atoms with Crippen molar-refractivity contribution in [2.75, 3.05) is 41.8 Å². The highest BCUT2D eigenvalue weighted by Gasteiger charge is 2.22. The number of aliphatic imine (C=N–C) groups is 1. The van der Waals surface area contributed by atoms with E-state index >= 15 is 0 Å². The summed E-state index contributed by atoms with van der Waals surface area (Å²) in [5, 5.41) is 6.17. The van der Waals surface area contributed by atoms with Crippen molar-refractivity contribution in [3.05, 3.63) is 72.8 Å². The molecule has 1 saturated heterocycles. The second-order valence-electron chi connectivity index (χ2n) is 8.60. The second kappa shape index (κ2) is 11.5. The molecule has 7 nitrogen and oxygen atoms in total. The van der Waals surface area contributed by atoms with Gasteiger partial charge in [-0.3, -0.25) is 4.79 Å².